The van der Waals surface area contributed by atoms with Crippen LogP contribution in [0.25, 0.3) is 0 Å². The Morgan fingerprint density at radius 1 is 0.957 bits per heavy atom. The molecule has 8 N–H and O–H groups in total. The molecule has 13 nitrogen and oxygen atoms in total. The van der Waals surface area contributed by atoms with Gasteiger partial charge in [-0.2, -0.15) is 4.39 Å². The van der Waals surface area contributed by atoms with Gasteiger partial charge < -0.3 is 32.0 Å². The standard InChI is InChI=1S/C33H48FN7O6/c1-18(2)25(38-27(42)22(35)17-36-30(45)26-24(34)29(44)40-32(47)39-26)31(46)37-23(15-20-9-7-6-8-10-20)28(43)41-33(4,5)16-21-13-11-19(3)12-14-21/h11-14,18,20,22-23,25H,6-10,15-17,35H2,1-5H3,(H,36,45)(H,37,46)(H,38,42)(H,41,43)(H2,39,40,44,47)/t22-,23-,25-/m0/s1. The molecule has 0 unspecified atom stereocenters. The lowest BCUT2D eigenvalue weighted by atomic mass is 9.84. The van der Waals surface area contributed by atoms with E-state index >= 15 is 0 Å². The number of hydrogen-bond acceptors (Lipinski definition) is 7. The van der Waals surface area contributed by atoms with Crippen molar-refractivity contribution in [3.63, 3.8) is 0 Å². The monoisotopic (exact) mass is 657 g/mol. The number of nitrogens with one attached hydrogen (secondary N) is 6. The molecular weight excluding hydrogens is 609 g/mol. The summed E-state index contributed by atoms with van der Waals surface area (Å²) in [5, 5.41) is 10.8. The molecule has 1 aliphatic carbocycles. The second-order valence-electron chi connectivity index (χ2n) is 13.5. The maximum absolute atomic E-state index is 14.0. The summed E-state index contributed by atoms with van der Waals surface area (Å²) in [6, 6.07) is 4.83. The SMILES string of the molecule is Cc1ccc(CC(C)(C)NC(=O)[C@H](CC2CCCCC2)NC(=O)[C@@H](NC(=O)[C@@H](N)CNC(=O)c2[nH]c(=O)[nH]c(=O)c2F)C(C)C)cc1. The molecule has 3 atom stereocenters. The van der Waals surface area contributed by atoms with Crippen LogP contribution in [0, 0.1) is 24.6 Å². The van der Waals surface area contributed by atoms with Gasteiger partial charge >= 0.3 is 5.69 Å². The van der Waals surface area contributed by atoms with Gasteiger partial charge in [0.25, 0.3) is 11.5 Å². The summed E-state index contributed by atoms with van der Waals surface area (Å²) >= 11 is 0. The van der Waals surface area contributed by atoms with Gasteiger partial charge in [0.15, 0.2) is 0 Å². The molecule has 258 valence electrons. The van der Waals surface area contributed by atoms with Gasteiger partial charge in [0.2, 0.25) is 23.5 Å². The van der Waals surface area contributed by atoms with Gasteiger partial charge in [-0.3, -0.25) is 29.0 Å². The summed E-state index contributed by atoms with van der Waals surface area (Å²) in [4.78, 5) is 79.1. The molecule has 1 aromatic carbocycles. The molecular formula is C33H48FN7O6. The molecule has 1 fully saturated rings. The van der Waals surface area contributed by atoms with Crippen molar-refractivity contribution < 1.29 is 23.6 Å². The van der Waals surface area contributed by atoms with Crippen LogP contribution in [0.4, 0.5) is 4.39 Å². The third-order valence-electron chi connectivity index (χ3n) is 8.33. The number of nitrogens with two attached hydrogens (primary N) is 1. The molecule has 2 aromatic rings. The molecule has 0 radical (unpaired) electrons. The zero-order chi connectivity index (χ0) is 34.9. The van der Waals surface area contributed by atoms with Crippen LogP contribution in [-0.2, 0) is 20.8 Å². The first-order valence-corrected chi connectivity index (χ1v) is 16.1. The first kappa shape index (κ1) is 37.1. The number of rotatable bonds is 14. The van der Waals surface area contributed by atoms with Crippen LogP contribution >= 0.6 is 0 Å². The average Bonchev–Trinajstić information content (AvgIpc) is 3.00. The normalized spacial score (nSPS) is 15.7. The Bertz CT molecular complexity index is 1530. The third kappa shape index (κ3) is 11.2. The fourth-order valence-electron chi connectivity index (χ4n) is 5.74. The van der Waals surface area contributed by atoms with E-state index in [1.165, 1.54) is 0 Å². The first-order valence-electron chi connectivity index (χ1n) is 16.1. The number of hydrogen-bond donors (Lipinski definition) is 7. The van der Waals surface area contributed by atoms with Crippen molar-refractivity contribution in [2.45, 2.75) is 103 Å². The minimum absolute atomic E-state index is 0.268. The summed E-state index contributed by atoms with van der Waals surface area (Å²) in [7, 11) is 0. The number of halogens is 1. The van der Waals surface area contributed by atoms with Crippen LogP contribution in [0.5, 0.6) is 0 Å². The van der Waals surface area contributed by atoms with Crippen LogP contribution < -0.4 is 38.2 Å². The number of carbonyl (C=O) groups is 4. The largest absolute Gasteiger partial charge is 0.349 e. The van der Waals surface area contributed by atoms with E-state index in [-0.39, 0.29) is 11.8 Å². The van der Waals surface area contributed by atoms with Crippen molar-refractivity contribution in [1.82, 2.24) is 31.2 Å². The second-order valence-corrected chi connectivity index (χ2v) is 13.5. The Balaban J connectivity index is 1.67. The van der Waals surface area contributed by atoms with E-state index in [0.29, 0.717) is 12.8 Å². The Labute approximate surface area is 273 Å². The zero-order valence-corrected chi connectivity index (χ0v) is 27.8. The van der Waals surface area contributed by atoms with E-state index in [2.05, 4.69) is 21.3 Å². The Kier molecular flexibility index (Phi) is 13.0. The van der Waals surface area contributed by atoms with Crippen molar-refractivity contribution in [1.29, 1.82) is 0 Å². The topological polar surface area (TPSA) is 208 Å². The van der Waals surface area contributed by atoms with E-state index in [4.69, 9.17) is 5.73 Å². The van der Waals surface area contributed by atoms with Gasteiger partial charge in [-0.15, -0.1) is 0 Å². The van der Waals surface area contributed by atoms with Gasteiger partial charge in [0.1, 0.15) is 23.8 Å². The van der Waals surface area contributed by atoms with E-state index in [9.17, 15) is 33.2 Å². The van der Waals surface area contributed by atoms with Gasteiger partial charge in [0, 0.05) is 12.1 Å². The highest BCUT2D eigenvalue weighted by Gasteiger charge is 2.34. The lowest BCUT2D eigenvalue weighted by molar-refractivity contribution is -0.134. The van der Waals surface area contributed by atoms with E-state index in [1.807, 2.05) is 50.0 Å². The van der Waals surface area contributed by atoms with E-state index in [1.54, 1.807) is 18.8 Å². The van der Waals surface area contributed by atoms with Gasteiger partial charge in [0.05, 0.1) is 0 Å². The molecule has 1 aromatic heterocycles. The number of carbonyl (C=O) groups excluding carboxylic acids is 4. The van der Waals surface area contributed by atoms with Crippen LogP contribution in [0.15, 0.2) is 33.9 Å². The van der Waals surface area contributed by atoms with Crippen molar-refractivity contribution in [3.8, 4) is 0 Å². The van der Waals surface area contributed by atoms with Crippen molar-refractivity contribution in [3.05, 3.63) is 67.7 Å². The molecule has 14 heteroatoms. The minimum atomic E-state index is -1.50. The molecule has 0 spiro atoms. The average molecular weight is 658 g/mol. The number of aromatic nitrogens is 2. The highest BCUT2D eigenvalue weighted by atomic mass is 19.1. The minimum Gasteiger partial charge on any atom is -0.349 e. The molecule has 47 heavy (non-hydrogen) atoms. The first-order chi connectivity index (χ1) is 22.1. The van der Waals surface area contributed by atoms with E-state index < -0.39 is 76.6 Å². The number of aromatic amines is 2. The molecule has 0 aliphatic heterocycles. The van der Waals surface area contributed by atoms with Crippen LogP contribution in [0.3, 0.4) is 0 Å². The molecule has 3 rings (SSSR count). The fourth-order valence-corrected chi connectivity index (χ4v) is 5.74. The predicted molar refractivity (Wildman–Crippen MR) is 175 cm³/mol. The second kappa shape index (κ2) is 16.5. The Morgan fingerprint density at radius 2 is 1.60 bits per heavy atom. The molecule has 1 heterocycles. The van der Waals surface area contributed by atoms with Crippen LogP contribution in [0.1, 0.15) is 87.8 Å². The highest BCUT2D eigenvalue weighted by molar-refractivity contribution is 5.95. The number of benzene rings is 1. The van der Waals surface area contributed by atoms with Crippen molar-refractivity contribution in [2.24, 2.45) is 17.6 Å². The predicted octanol–water partition coefficient (Wildman–Crippen LogP) is 1.30. The zero-order valence-electron chi connectivity index (χ0n) is 27.8. The summed E-state index contributed by atoms with van der Waals surface area (Å²) in [6.07, 6.45) is 6.25. The number of aryl methyl sites for hydroxylation is 1. The lowest BCUT2D eigenvalue weighted by Crippen LogP contribution is -2.60. The fraction of sp³-hybridized carbons (Fsp3) is 0.576. The number of H-pyrrole nitrogens is 2. The van der Waals surface area contributed by atoms with Gasteiger partial charge in [-0.25, -0.2) is 4.79 Å². The van der Waals surface area contributed by atoms with Crippen molar-refractivity contribution in [2.75, 3.05) is 6.54 Å². The lowest BCUT2D eigenvalue weighted by Gasteiger charge is -2.33. The van der Waals surface area contributed by atoms with Crippen molar-refractivity contribution >= 4 is 23.6 Å². The van der Waals surface area contributed by atoms with E-state index in [0.717, 1.165) is 43.2 Å². The Morgan fingerprint density at radius 3 is 2.21 bits per heavy atom. The van der Waals surface area contributed by atoms with Crippen LogP contribution in [0.2, 0.25) is 0 Å². The van der Waals surface area contributed by atoms with Gasteiger partial charge in [-0.1, -0.05) is 75.8 Å². The maximum atomic E-state index is 14.0. The molecule has 0 saturated heterocycles. The summed E-state index contributed by atoms with van der Waals surface area (Å²) in [6.45, 7) is 8.84. The molecule has 0 bridgehead atoms. The third-order valence-corrected chi connectivity index (χ3v) is 8.33. The molecule has 1 aliphatic rings. The smallest absolute Gasteiger partial charge is 0.326 e. The summed E-state index contributed by atoms with van der Waals surface area (Å²) in [5.74, 6) is -4.43. The summed E-state index contributed by atoms with van der Waals surface area (Å²) < 4.78 is 14.0. The molecule has 1 saturated carbocycles. The Hall–Kier alpha value is -4.33. The quantitative estimate of drug-likeness (QED) is 0.158. The highest BCUT2D eigenvalue weighted by Crippen LogP contribution is 2.28. The summed E-state index contributed by atoms with van der Waals surface area (Å²) in [5.41, 5.74) is 4.19. The molecule has 4 amide bonds. The number of amides is 4. The van der Waals surface area contributed by atoms with Gasteiger partial charge in [-0.05, 0) is 51.0 Å². The maximum Gasteiger partial charge on any atom is 0.326 e. The van der Waals surface area contributed by atoms with Crippen LogP contribution in [-0.4, -0.2) is 63.8 Å².